The van der Waals surface area contributed by atoms with Crippen molar-refractivity contribution in [2.24, 2.45) is 5.73 Å². The highest BCUT2D eigenvalue weighted by atomic mass is 35.5. The van der Waals surface area contributed by atoms with Crippen LogP contribution in [-0.2, 0) is 13.0 Å². The maximum Gasteiger partial charge on any atom is 0.254 e. The van der Waals surface area contributed by atoms with Gasteiger partial charge < -0.3 is 10.6 Å². The molecule has 1 atom stereocenters. The van der Waals surface area contributed by atoms with Crippen LogP contribution in [0.25, 0.3) is 0 Å². The Morgan fingerprint density at radius 3 is 2.42 bits per heavy atom. The van der Waals surface area contributed by atoms with Crippen molar-refractivity contribution in [3.05, 3.63) is 71.3 Å². The molecule has 2 aromatic rings. The van der Waals surface area contributed by atoms with Gasteiger partial charge in [-0.2, -0.15) is 0 Å². The number of halogens is 1. The number of carbonyl (C=O) groups excluding carboxylic acids is 1. The first-order valence-corrected chi connectivity index (χ1v) is 9.42. The summed E-state index contributed by atoms with van der Waals surface area (Å²) in [6, 6.07) is 18.7. The molecule has 1 amide bonds. The third-order valence-electron chi connectivity index (χ3n) is 5.17. The Bertz CT molecular complexity index is 672. The van der Waals surface area contributed by atoms with Crippen molar-refractivity contribution in [1.29, 1.82) is 0 Å². The molecule has 0 bridgehead atoms. The molecule has 0 saturated carbocycles. The molecule has 0 spiro atoms. The molecule has 1 fully saturated rings. The van der Waals surface area contributed by atoms with E-state index in [2.05, 4.69) is 35.2 Å². The highest BCUT2D eigenvalue weighted by Crippen LogP contribution is 2.24. The summed E-state index contributed by atoms with van der Waals surface area (Å²) in [7, 11) is 0. The summed E-state index contributed by atoms with van der Waals surface area (Å²) in [6.07, 6.45) is 6.77. The van der Waals surface area contributed by atoms with E-state index < -0.39 is 0 Å². The second-order valence-electron chi connectivity index (χ2n) is 6.93. The predicted octanol–water partition coefficient (Wildman–Crippen LogP) is 4.58. The zero-order valence-electron chi connectivity index (χ0n) is 15.3. The molecule has 0 aliphatic carbocycles. The number of piperidine rings is 1. The van der Waals surface area contributed by atoms with E-state index in [0.29, 0.717) is 12.6 Å². The maximum absolute atomic E-state index is 12.9. The zero-order chi connectivity index (χ0) is 17.5. The Kier molecular flexibility index (Phi) is 8.14. The second-order valence-corrected chi connectivity index (χ2v) is 6.93. The van der Waals surface area contributed by atoms with Gasteiger partial charge in [-0.15, -0.1) is 12.4 Å². The fraction of sp³-hybridized carbons (Fsp3) is 0.409. The minimum atomic E-state index is 0. The summed E-state index contributed by atoms with van der Waals surface area (Å²) in [5.74, 6) is 0.174. The number of nitrogens with two attached hydrogens (primary N) is 1. The number of hydrogen-bond acceptors (Lipinski definition) is 2. The molecule has 4 heteroatoms. The second kappa shape index (κ2) is 10.3. The molecule has 1 saturated heterocycles. The molecule has 2 aromatic carbocycles. The van der Waals surface area contributed by atoms with Gasteiger partial charge in [-0.05, 0) is 61.8 Å². The average Bonchev–Trinajstić information content (AvgIpc) is 2.69. The van der Waals surface area contributed by atoms with Crippen LogP contribution in [0.4, 0.5) is 0 Å². The predicted molar refractivity (Wildman–Crippen MR) is 110 cm³/mol. The SMILES string of the molecule is Cl.NCc1ccc(C(=O)N2CCCCC2CCCc2ccccc2)cc1. The lowest BCUT2D eigenvalue weighted by molar-refractivity contribution is 0.0599. The molecule has 1 aliphatic rings. The zero-order valence-corrected chi connectivity index (χ0v) is 16.1. The van der Waals surface area contributed by atoms with Crippen molar-refractivity contribution in [3.8, 4) is 0 Å². The Morgan fingerprint density at radius 2 is 1.73 bits per heavy atom. The first kappa shape index (κ1) is 20.5. The number of nitrogens with zero attached hydrogens (tertiary/aromatic N) is 1. The van der Waals surface area contributed by atoms with E-state index in [9.17, 15) is 4.79 Å². The van der Waals surface area contributed by atoms with Crippen molar-refractivity contribution in [2.75, 3.05) is 6.54 Å². The van der Waals surface area contributed by atoms with Gasteiger partial charge in [0, 0.05) is 24.7 Å². The van der Waals surface area contributed by atoms with Gasteiger partial charge in [0.1, 0.15) is 0 Å². The molecule has 1 aliphatic heterocycles. The number of aryl methyl sites for hydroxylation is 1. The fourth-order valence-corrected chi connectivity index (χ4v) is 3.70. The third kappa shape index (κ3) is 5.33. The van der Waals surface area contributed by atoms with Gasteiger partial charge in [0.05, 0.1) is 0 Å². The molecular formula is C22H29ClN2O. The lowest BCUT2D eigenvalue weighted by Crippen LogP contribution is -2.43. The topological polar surface area (TPSA) is 46.3 Å². The van der Waals surface area contributed by atoms with E-state index in [1.54, 1.807) is 0 Å². The molecule has 3 rings (SSSR count). The van der Waals surface area contributed by atoms with Crippen LogP contribution in [0, 0.1) is 0 Å². The standard InChI is InChI=1S/C22H28N2O.ClH/c23-17-19-12-14-20(15-13-19)22(25)24-16-5-4-10-21(24)11-6-9-18-7-2-1-3-8-18;/h1-3,7-8,12-15,21H,4-6,9-11,16-17,23H2;1H. The molecule has 3 nitrogen and oxygen atoms in total. The summed E-state index contributed by atoms with van der Waals surface area (Å²) in [5, 5.41) is 0. The number of benzene rings is 2. The maximum atomic E-state index is 12.9. The van der Waals surface area contributed by atoms with E-state index in [-0.39, 0.29) is 18.3 Å². The molecule has 140 valence electrons. The van der Waals surface area contributed by atoms with Gasteiger partial charge in [-0.3, -0.25) is 4.79 Å². The Morgan fingerprint density at radius 1 is 1.00 bits per heavy atom. The highest BCUT2D eigenvalue weighted by molar-refractivity contribution is 5.94. The van der Waals surface area contributed by atoms with Gasteiger partial charge >= 0.3 is 0 Å². The van der Waals surface area contributed by atoms with Gasteiger partial charge in [-0.25, -0.2) is 0 Å². The van der Waals surface area contributed by atoms with Crippen molar-refractivity contribution in [3.63, 3.8) is 0 Å². The molecule has 26 heavy (non-hydrogen) atoms. The Labute approximate surface area is 163 Å². The van der Waals surface area contributed by atoms with Crippen molar-refractivity contribution >= 4 is 18.3 Å². The van der Waals surface area contributed by atoms with Crippen LogP contribution in [0.2, 0.25) is 0 Å². The number of rotatable bonds is 6. The summed E-state index contributed by atoms with van der Waals surface area (Å²) in [5.41, 5.74) is 8.88. The van der Waals surface area contributed by atoms with E-state index >= 15 is 0 Å². The molecule has 0 aromatic heterocycles. The Balaban J connectivity index is 0.00000243. The summed E-state index contributed by atoms with van der Waals surface area (Å²) in [6.45, 7) is 1.40. The summed E-state index contributed by atoms with van der Waals surface area (Å²) in [4.78, 5) is 15.0. The van der Waals surface area contributed by atoms with Gasteiger partial charge in [-0.1, -0.05) is 42.5 Å². The molecule has 0 radical (unpaired) electrons. The molecular weight excluding hydrogens is 344 g/mol. The average molecular weight is 373 g/mol. The first-order valence-electron chi connectivity index (χ1n) is 9.42. The fourth-order valence-electron chi connectivity index (χ4n) is 3.70. The van der Waals surface area contributed by atoms with E-state index in [0.717, 1.165) is 49.8 Å². The first-order chi connectivity index (χ1) is 12.3. The highest BCUT2D eigenvalue weighted by Gasteiger charge is 2.26. The van der Waals surface area contributed by atoms with E-state index in [4.69, 9.17) is 5.73 Å². The molecule has 1 unspecified atom stereocenters. The van der Waals surface area contributed by atoms with Crippen LogP contribution in [0.1, 0.15) is 53.6 Å². The minimum absolute atomic E-state index is 0. The van der Waals surface area contributed by atoms with Crippen molar-refractivity contribution in [2.45, 2.75) is 51.1 Å². The lowest BCUT2D eigenvalue weighted by Gasteiger charge is -2.36. The summed E-state index contributed by atoms with van der Waals surface area (Å²) < 4.78 is 0. The normalized spacial score (nSPS) is 16.8. The minimum Gasteiger partial charge on any atom is -0.336 e. The van der Waals surface area contributed by atoms with E-state index in [1.165, 1.54) is 12.0 Å². The number of hydrogen-bond donors (Lipinski definition) is 1. The number of carbonyl (C=O) groups is 1. The number of likely N-dealkylation sites (tertiary alicyclic amines) is 1. The summed E-state index contributed by atoms with van der Waals surface area (Å²) >= 11 is 0. The van der Waals surface area contributed by atoms with Crippen LogP contribution >= 0.6 is 12.4 Å². The van der Waals surface area contributed by atoms with Crippen LogP contribution < -0.4 is 5.73 Å². The van der Waals surface area contributed by atoms with Crippen LogP contribution in [0.5, 0.6) is 0 Å². The molecule has 1 heterocycles. The van der Waals surface area contributed by atoms with Crippen LogP contribution in [-0.4, -0.2) is 23.4 Å². The molecule has 2 N–H and O–H groups in total. The lowest BCUT2D eigenvalue weighted by atomic mass is 9.95. The van der Waals surface area contributed by atoms with Crippen LogP contribution in [0.3, 0.4) is 0 Å². The number of amides is 1. The smallest absolute Gasteiger partial charge is 0.254 e. The third-order valence-corrected chi connectivity index (χ3v) is 5.17. The monoisotopic (exact) mass is 372 g/mol. The van der Waals surface area contributed by atoms with E-state index in [1.807, 2.05) is 24.3 Å². The Hall–Kier alpha value is -1.84. The van der Waals surface area contributed by atoms with Gasteiger partial charge in [0.15, 0.2) is 0 Å². The van der Waals surface area contributed by atoms with Crippen molar-refractivity contribution in [1.82, 2.24) is 4.90 Å². The van der Waals surface area contributed by atoms with Gasteiger partial charge in [0.2, 0.25) is 0 Å². The van der Waals surface area contributed by atoms with Gasteiger partial charge in [0.25, 0.3) is 5.91 Å². The quantitative estimate of drug-likeness (QED) is 0.806. The van der Waals surface area contributed by atoms with Crippen molar-refractivity contribution < 1.29 is 4.79 Å². The largest absolute Gasteiger partial charge is 0.336 e. The van der Waals surface area contributed by atoms with Crippen LogP contribution in [0.15, 0.2) is 54.6 Å².